The second-order valence-electron chi connectivity index (χ2n) is 5.85. The van der Waals surface area contributed by atoms with Crippen molar-refractivity contribution in [2.24, 2.45) is 10.9 Å². The molecule has 3 N–H and O–H groups in total. The highest BCUT2D eigenvalue weighted by Crippen LogP contribution is 2.26. The van der Waals surface area contributed by atoms with Crippen molar-refractivity contribution in [3.05, 3.63) is 18.0 Å². The molecule has 0 atom stereocenters. The summed E-state index contributed by atoms with van der Waals surface area (Å²) >= 11 is 0. The number of nitrogens with one attached hydrogen (secondary N) is 3. The Morgan fingerprint density at radius 3 is 2.82 bits per heavy atom. The number of nitrogens with zero attached hydrogens (tertiary/aromatic N) is 2. The zero-order valence-electron chi connectivity index (χ0n) is 13.6. The molecular formula is C16H30IN5. The first-order chi connectivity index (χ1) is 10.4. The standard InChI is InChI=1S/C16H29N5.HI/c1-2-17-16(19-13-15-10-12-20-21-15)18-11-6-9-14-7-4-3-5-8-14;/h10,12,14H,2-9,11,13H2,1H3,(H,20,21)(H2,17,18,19);1H. The Kier molecular flexibility index (Phi) is 10.3. The van der Waals surface area contributed by atoms with Gasteiger partial charge >= 0.3 is 0 Å². The highest BCUT2D eigenvalue weighted by molar-refractivity contribution is 14.0. The molecule has 1 heterocycles. The number of aromatic amines is 1. The van der Waals surface area contributed by atoms with Gasteiger partial charge in [0, 0.05) is 19.3 Å². The Bertz CT molecular complexity index is 399. The lowest BCUT2D eigenvalue weighted by atomic mass is 9.86. The van der Waals surface area contributed by atoms with Crippen molar-refractivity contribution in [2.75, 3.05) is 13.1 Å². The van der Waals surface area contributed by atoms with Crippen LogP contribution in [0.15, 0.2) is 17.3 Å². The summed E-state index contributed by atoms with van der Waals surface area (Å²) in [4.78, 5) is 4.56. The fraction of sp³-hybridized carbons (Fsp3) is 0.750. The van der Waals surface area contributed by atoms with Crippen LogP contribution >= 0.6 is 24.0 Å². The molecule has 1 fully saturated rings. The first kappa shape index (κ1) is 19.3. The van der Waals surface area contributed by atoms with Crippen LogP contribution in [0.25, 0.3) is 0 Å². The average Bonchev–Trinajstić information content (AvgIpc) is 3.03. The largest absolute Gasteiger partial charge is 0.357 e. The third kappa shape index (κ3) is 7.47. The van der Waals surface area contributed by atoms with Crippen molar-refractivity contribution < 1.29 is 0 Å². The Morgan fingerprint density at radius 1 is 1.32 bits per heavy atom. The Hall–Kier alpha value is -0.790. The number of aromatic nitrogens is 2. The smallest absolute Gasteiger partial charge is 0.191 e. The topological polar surface area (TPSA) is 65.1 Å². The molecule has 1 aliphatic carbocycles. The van der Waals surface area contributed by atoms with Gasteiger partial charge in [-0.25, -0.2) is 4.99 Å². The zero-order chi connectivity index (χ0) is 14.8. The van der Waals surface area contributed by atoms with Crippen molar-refractivity contribution in [1.29, 1.82) is 0 Å². The van der Waals surface area contributed by atoms with E-state index >= 15 is 0 Å². The highest BCUT2D eigenvalue weighted by atomic mass is 127. The van der Waals surface area contributed by atoms with Gasteiger partial charge in [0.05, 0.1) is 12.2 Å². The van der Waals surface area contributed by atoms with Gasteiger partial charge in [-0.05, 0) is 31.7 Å². The molecule has 0 amide bonds. The highest BCUT2D eigenvalue weighted by Gasteiger charge is 2.12. The van der Waals surface area contributed by atoms with E-state index in [0.717, 1.165) is 30.7 Å². The molecule has 0 aromatic carbocycles. The van der Waals surface area contributed by atoms with E-state index in [-0.39, 0.29) is 24.0 Å². The Morgan fingerprint density at radius 2 is 2.14 bits per heavy atom. The van der Waals surface area contributed by atoms with E-state index in [0.29, 0.717) is 6.54 Å². The summed E-state index contributed by atoms with van der Waals surface area (Å²) in [5, 5.41) is 13.6. The molecule has 1 saturated carbocycles. The zero-order valence-corrected chi connectivity index (χ0v) is 15.9. The van der Waals surface area contributed by atoms with Crippen molar-refractivity contribution in [1.82, 2.24) is 20.8 Å². The maximum absolute atomic E-state index is 4.56. The molecule has 1 aromatic heterocycles. The number of guanidine groups is 1. The average molecular weight is 419 g/mol. The van der Waals surface area contributed by atoms with Gasteiger partial charge in [0.25, 0.3) is 0 Å². The maximum atomic E-state index is 4.56. The van der Waals surface area contributed by atoms with E-state index in [1.165, 1.54) is 44.9 Å². The van der Waals surface area contributed by atoms with Crippen molar-refractivity contribution in [3.8, 4) is 0 Å². The van der Waals surface area contributed by atoms with Gasteiger partial charge in [0.15, 0.2) is 5.96 Å². The van der Waals surface area contributed by atoms with Gasteiger partial charge in [-0.1, -0.05) is 32.1 Å². The van der Waals surface area contributed by atoms with E-state index < -0.39 is 0 Å². The maximum Gasteiger partial charge on any atom is 0.191 e. The van der Waals surface area contributed by atoms with Crippen molar-refractivity contribution in [3.63, 3.8) is 0 Å². The molecular weight excluding hydrogens is 389 g/mol. The SMILES string of the molecule is CCNC(=NCc1ccn[nH]1)NCCCC1CCCCC1.I. The molecule has 2 rings (SSSR count). The van der Waals surface area contributed by atoms with Crippen LogP contribution in [0, 0.1) is 5.92 Å². The first-order valence-electron chi connectivity index (χ1n) is 8.39. The minimum atomic E-state index is 0. The van der Waals surface area contributed by atoms with Gasteiger partial charge in [-0.2, -0.15) is 5.10 Å². The van der Waals surface area contributed by atoms with Crippen LogP contribution < -0.4 is 10.6 Å². The lowest BCUT2D eigenvalue weighted by Crippen LogP contribution is -2.37. The summed E-state index contributed by atoms with van der Waals surface area (Å²) in [6.07, 6.45) is 11.5. The Labute approximate surface area is 151 Å². The molecule has 0 unspecified atom stereocenters. The van der Waals surface area contributed by atoms with E-state index in [4.69, 9.17) is 0 Å². The van der Waals surface area contributed by atoms with Crippen LogP contribution in [0.3, 0.4) is 0 Å². The van der Waals surface area contributed by atoms with Crippen LogP contribution in [0.2, 0.25) is 0 Å². The second-order valence-corrected chi connectivity index (χ2v) is 5.85. The van der Waals surface area contributed by atoms with Gasteiger partial charge in [-0.3, -0.25) is 5.10 Å². The monoisotopic (exact) mass is 419 g/mol. The third-order valence-corrected chi connectivity index (χ3v) is 4.12. The van der Waals surface area contributed by atoms with Crippen LogP contribution in [0.4, 0.5) is 0 Å². The number of hydrogen-bond acceptors (Lipinski definition) is 2. The predicted octanol–water partition coefficient (Wildman–Crippen LogP) is 3.44. The normalized spacial score (nSPS) is 16.1. The number of hydrogen-bond donors (Lipinski definition) is 3. The molecule has 5 nitrogen and oxygen atoms in total. The molecule has 6 heteroatoms. The molecule has 0 bridgehead atoms. The van der Waals surface area contributed by atoms with Gasteiger partial charge < -0.3 is 10.6 Å². The predicted molar refractivity (Wildman–Crippen MR) is 103 cm³/mol. The molecule has 0 spiro atoms. The van der Waals surface area contributed by atoms with E-state index in [1.807, 2.05) is 6.07 Å². The summed E-state index contributed by atoms with van der Waals surface area (Å²) in [7, 11) is 0. The molecule has 22 heavy (non-hydrogen) atoms. The molecule has 0 saturated heterocycles. The first-order valence-corrected chi connectivity index (χ1v) is 8.39. The second kappa shape index (κ2) is 11.7. The molecule has 0 aliphatic heterocycles. The fourth-order valence-electron chi connectivity index (χ4n) is 2.95. The van der Waals surface area contributed by atoms with E-state index in [9.17, 15) is 0 Å². The van der Waals surface area contributed by atoms with E-state index in [1.54, 1.807) is 6.20 Å². The fourth-order valence-corrected chi connectivity index (χ4v) is 2.95. The van der Waals surface area contributed by atoms with Crippen molar-refractivity contribution in [2.45, 2.75) is 58.4 Å². The minimum absolute atomic E-state index is 0. The van der Waals surface area contributed by atoms with Crippen LogP contribution in [-0.4, -0.2) is 29.2 Å². The Balaban J connectivity index is 0.00000242. The number of halogens is 1. The third-order valence-electron chi connectivity index (χ3n) is 4.12. The van der Waals surface area contributed by atoms with Gasteiger partial charge in [0.1, 0.15) is 0 Å². The minimum Gasteiger partial charge on any atom is -0.357 e. The van der Waals surface area contributed by atoms with Crippen LogP contribution in [0.5, 0.6) is 0 Å². The molecule has 0 radical (unpaired) electrons. The lowest BCUT2D eigenvalue weighted by molar-refractivity contribution is 0.332. The van der Waals surface area contributed by atoms with Gasteiger partial charge in [0.2, 0.25) is 0 Å². The quantitative estimate of drug-likeness (QED) is 0.275. The summed E-state index contributed by atoms with van der Waals surface area (Å²) < 4.78 is 0. The number of rotatable bonds is 7. The molecule has 1 aliphatic rings. The van der Waals surface area contributed by atoms with E-state index in [2.05, 4.69) is 32.7 Å². The summed E-state index contributed by atoms with van der Waals surface area (Å²) in [5.41, 5.74) is 1.04. The van der Waals surface area contributed by atoms with Crippen LogP contribution in [-0.2, 0) is 6.54 Å². The van der Waals surface area contributed by atoms with Crippen LogP contribution in [0.1, 0.15) is 57.6 Å². The summed E-state index contributed by atoms with van der Waals surface area (Å²) in [6, 6.07) is 1.95. The molecule has 1 aromatic rings. The van der Waals surface area contributed by atoms with Gasteiger partial charge in [-0.15, -0.1) is 24.0 Å². The summed E-state index contributed by atoms with van der Waals surface area (Å²) in [5.74, 6) is 1.86. The molecule has 126 valence electrons. The summed E-state index contributed by atoms with van der Waals surface area (Å²) in [6.45, 7) is 4.62. The number of aliphatic imine (C=N–C) groups is 1. The lowest BCUT2D eigenvalue weighted by Gasteiger charge is -2.21. The van der Waals surface area contributed by atoms with Crippen molar-refractivity contribution >= 4 is 29.9 Å². The number of H-pyrrole nitrogens is 1.